The molecule has 2 N–H and O–H groups in total. The maximum Gasteiger partial charge on any atom is 0.303 e. The van der Waals surface area contributed by atoms with Crippen LogP contribution in [-0.4, -0.2) is 51.3 Å². The number of aliphatic carboxylic acids is 1. The predicted octanol–water partition coefficient (Wildman–Crippen LogP) is 4.14. The normalized spacial score (nSPS) is 30.7. The molecule has 0 bridgehead atoms. The topological polar surface area (TPSA) is 132 Å². The molecule has 41 heavy (non-hydrogen) atoms. The Bertz CT molecular complexity index is 1520. The first-order valence-electron chi connectivity index (χ1n) is 13.7. The molecular weight excluding hydrogens is 548 g/mol. The van der Waals surface area contributed by atoms with Crippen LogP contribution >= 0.6 is 11.6 Å². The average Bonchev–Trinajstić information content (AvgIpc) is 3.29. The number of hydrogen-bond acceptors (Lipinski definition) is 6. The van der Waals surface area contributed by atoms with Crippen molar-refractivity contribution >= 4 is 46.9 Å². The van der Waals surface area contributed by atoms with E-state index in [1.54, 1.807) is 43.3 Å². The number of carbonyl (C=O) groups is 5. The third-order valence-electron chi connectivity index (χ3n) is 9.45. The highest BCUT2D eigenvalue weighted by Gasteiger charge is 2.67. The van der Waals surface area contributed by atoms with Crippen LogP contribution in [0.1, 0.15) is 44.1 Å². The van der Waals surface area contributed by atoms with Gasteiger partial charge in [0.1, 0.15) is 5.75 Å². The molecule has 9 nitrogen and oxygen atoms in total. The highest BCUT2D eigenvalue weighted by molar-refractivity contribution is 6.32. The van der Waals surface area contributed by atoms with Crippen LogP contribution in [0, 0.1) is 29.1 Å². The Hall–Kier alpha value is -3.98. The van der Waals surface area contributed by atoms with Crippen molar-refractivity contribution in [2.75, 3.05) is 11.4 Å². The third-order valence-corrected chi connectivity index (χ3v) is 9.78. The molecule has 0 spiro atoms. The van der Waals surface area contributed by atoms with Gasteiger partial charge in [-0.2, -0.15) is 0 Å². The van der Waals surface area contributed by atoms with Crippen molar-refractivity contribution in [2.45, 2.75) is 38.5 Å². The van der Waals surface area contributed by atoms with E-state index in [-0.39, 0.29) is 66.6 Å². The number of aromatic hydroxyl groups is 1. The number of carboxylic acids is 1. The van der Waals surface area contributed by atoms with Crippen LogP contribution in [0.25, 0.3) is 0 Å². The van der Waals surface area contributed by atoms with Gasteiger partial charge in [0.05, 0.1) is 28.9 Å². The lowest BCUT2D eigenvalue weighted by atomic mass is 9.51. The Kier molecular flexibility index (Phi) is 6.53. The number of likely N-dealkylation sites (tertiary alicyclic amines) is 1. The number of phenolic OH excluding ortho intramolecular Hbond substituents is 1. The zero-order chi connectivity index (χ0) is 29.2. The lowest BCUT2D eigenvalue weighted by Gasteiger charge is -2.49. The molecule has 0 aromatic heterocycles. The maximum atomic E-state index is 14.3. The Morgan fingerprint density at radius 3 is 2.44 bits per heavy atom. The van der Waals surface area contributed by atoms with Crippen molar-refractivity contribution in [2.24, 2.45) is 29.1 Å². The minimum Gasteiger partial charge on any atom is -0.508 e. The molecule has 2 aromatic carbocycles. The van der Waals surface area contributed by atoms with Crippen LogP contribution in [0.2, 0.25) is 5.02 Å². The summed E-state index contributed by atoms with van der Waals surface area (Å²) in [5.41, 5.74) is 0.593. The van der Waals surface area contributed by atoms with Gasteiger partial charge in [-0.1, -0.05) is 47.5 Å². The molecule has 10 heteroatoms. The molecule has 2 aliphatic carbocycles. The van der Waals surface area contributed by atoms with E-state index in [4.69, 9.17) is 16.7 Å². The molecule has 3 fully saturated rings. The Labute approximate surface area is 241 Å². The molecule has 6 unspecified atom stereocenters. The molecule has 4 amide bonds. The van der Waals surface area contributed by atoms with E-state index in [2.05, 4.69) is 0 Å². The second kappa shape index (κ2) is 9.83. The summed E-state index contributed by atoms with van der Waals surface area (Å²) in [4.78, 5) is 68.8. The van der Waals surface area contributed by atoms with Crippen LogP contribution in [0.4, 0.5) is 5.69 Å². The summed E-state index contributed by atoms with van der Waals surface area (Å²) in [6.07, 6.45) is 2.42. The maximum absolute atomic E-state index is 14.3. The fraction of sp³-hybridized carbons (Fsp3) is 0.387. The number of nitrogens with zero attached hydrogens (tertiary/aromatic N) is 2. The van der Waals surface area contributed by atoms with Crippen LogP contribution in [0.3, 0.4) is 0 Å². The minimum absolute atomic E-state index is 0.0204. The van der Waals surface area contributed by atoms with Crippen LogP contribution in [0.15, 0.2) is 60.2 Å². The van der Waals surface area contributed by atoms with Gasteiger partial charge in [0.25, 0.3) is 0 Å². The highest BCUT2D eigenvalue weighted by Crippen LogP contribution is 2.64. The number of carbonyl (C=O) groups excluding carboxylic acids is 4. The zero-order valence-corrected chi connectivity index (χ0v) is 23.1. The summed E-state index contributed by atoms with van der Waals surface area (Å²) in [6.45, 7) is 1.80. The van der Waals surface area contributed by atoms with E-state index < -0.39 is 41.0 Å². The van der Waals surface area contributed by atoms with E-state index in [0.717, 1.165) is 5.57 Å². The van der Waals surface area contributed by atoms with E-state index in [0.29, 0.717) is 11.3 Å². The second-order valence-electron chi connectivity index (χ2n) is 11.5. The van der Waals surface area contributed by atoms with Gasteiger partial charge in [-0.3, -0.25) is 28.9 Å². The molecule has 2 saturated heterocycles. The summed E-state index contributed by atoms with van der Waals surface area (Å²) in [6, 6.07) is 13.3. The Balaban J connectivity index is 1.46. The van der Waals surface area contributed by atoms with Crippen LogP contribution in [0.5, 0.6) is 5.75 Å². The quantitative estimate of drug-likeness (QED) is 0.390. The number of amides is 4. The van der Waals surface area contributed by atoms with Crippen molar-refractivity contribution in [1.82, 2.24) is 4.90 Å². The van der Waals surface area contributed by atoms with Crippen LogP contribution < -0.4 is 4.90 Å². The van der Waals surface area contributed by atoms with E-state index in [1.165, 1.54) is 21.9 Å². The number of anilines is 1. The van der Waals surface area contributed by atoms with Gasteiger partial charge in [0.2, 0.25) is 23.6 Å². The number of rotatable bonds is 6. The van der Waals surface area contributed by atoms with Crippen molar-refractivity contribution in [3.05, 3.63) is 70.8 Å². The molecular formula is C31H29ClN2O7. The van der Waals surface area contributed by atoms with Gasteiger partial charge in [0.15, 0.2) is 0 Å². The summed E-state index contributed by atoms with van der Waals surface area (Å²) in [5, 5.41) is 19.3. The van der Waals surface area contributed by atoms with Gasteiger partial charge in [0, 0.05) is 23.9 Å². The molecule has 4 aliphatic rings. The highest BCUT2D eigenvalue weighted by atomic mass is 35.5. The van der Waals surface area contributed by atoms with Crippen LogP contribution in [-0.2, 0) is 24.0 Å². The fourth-order valence-electron chi connectivity index (χ4n) is 7.61. The van der Waals surface area contributed by atoms with Gasteiger partial charge in [-0.25, -0.2) is 4.90 Å². The summed E-state index contributed by atoms with van der Waals surface area (Å²) in [7, 11) is 0. The lowest BCUT2D eigenvalue weighted by Crippen LogP contribution is -2.49. The van der Waals surface area contributed by atoms with E-state index in [1.807, 2.05) is 6.08 Å². The number of carboxylic acid groups (broad SMARTS) is 1. The van der Waals surface area contributed by atoms with Gasteiger partial charge < -0.3 is 10.2 Å². The zero-order valence-electron chi connectivity index (χ0n) is 22.3. The monoisotopic (exact) mass is 576 g/mol. The first kappa shape index (κ1) is 27.2. The Morgan fingerprint density at radius 1 is 1.02 bits per heavy atom. The number of fused-ring (bicyclic) bond motifs is 4. The number of para-hydroxylation sites is 1. The molecule has 1 saturated carbocycles. The largest absolute Gasteiger partial charge is 0.508 e. The number of imide groups is 2. The standard InChI is InChI=1S/C31H29ClN2O7/c1-31-22(28(39)34(30(31)41)16-6-3-2-4-7-16)15-21-18(26(31)19-10-9-17(35)14-23(19)32)11-12-20-25(21)29(40)33(27(20)38)13-5-8-24(36)37/h2-4,6-7,9-11,14,20-22,25-26,35H,5,8,12-13,15H2,1H3,(H,36,37). The molecule has 2 aliphatic heterocycles. The molecule has 6 rings (SSSR count). The number of phenols is 1. The molecule has 212 valence electrons. The van der Waals surface area contributed by atoms with E-state index in [9.17, 15) is 29.1 Å². The second-order valence-corrected chi connectivity index (χ2v) is 11.9. The molecule has 2 aromatic rings. The van der Waals surface area contributed by atoms with E-state index >= 15 is 0 Å². The third kappa shape index (κ3) is 4.01. The van der Waals surface area contributed by atoms with Gasteiger partial charge >= 0.3 is 5.97 Å². The number of allylic oxidation sites excluding steroid dienone is 2. The summed E-state index contributed by atoms with van der Waals surface area (Å²) >= 11 is 6.68. The van der Waals surface area contributed by atoms with Crippen molar-refractivity contribution in [1.29, 1.82) is 0 Å². The first-order valence-corrected chi connectivity index (χ1v) is 14.1. The van der Waals surface area contributed by atoms with Gasteiger partial charge in [-0.15, -0.1) is 0 Å². The van der Waals surface area contributed by atoms with Crippen molar-refractivity contribution in [3.63, 3.8) is 0 Å². The molecule has 6 atom stereocenters. The summed E-state index contributed by atoms with van der Waals surface area (Å²) in [5.74, 6) is -5.73. The first-order chi connectivity index (χ1) is 19.6. The SMILES string of the molecule is CC12C(=O)N(c3ccccc3)C(=O)C1CC1C(=CCC3C(=O)N(CCCC(=O)O)C(=O)C31)C2c1ccc(O)cc1Cl. The molecule has 0 radical (unpaired) electrons. The number of benzene rings is 2. The lowest BCUT2D eigenvalue weighted by molar-refractivity contribution is -0.142. The van der Waals surface area contributed by atoms with Gasteiger partial charge in [-0.05, 0) is 61.9 Å². The summed E-state index contributed by atoms with van der Waals surface area (Å²) < 4.78 is 0. The predicted molar refractivity (Wildman–Crippen MR) is 148 cm³/mol. The fourth-order valence-corrected chi connectivity index (χ4v) is 7.89. The smallest absolute Gasteiger partial charge is 0.303 e. The minimum atomic E-state index is -1.23. The average molecular weight is 577 g/mol. The number of halogens is 1. The Morgan fingerprint density at radius 2 is 1.76 bits per heavy atom. The van der Waals surface area contributed by atoms with Crippen molar-refractivity contribution < 1.29 is 34.2 Å². The molecule has 2 heterocycles. The number of hydrogen-bond donors (Lipinski definition) is 2. The van der Waals surface area contributed by atoms with Crippen molar-refractivity contribution in [3.8, 4) is 5.75 Å².